The fraction of sp³-hybridized carbons (Fsp3) is 0.0417. The van der Waals surface area contributed by atoms with Crippen molar-refractivity contribution in [3.05, 3.63) is 102 Å². The second-order valence-electron chi connectivity index (χ2n) is 6.49. The summed E-state index contributed by atoms with van der Waals surface area (Å²) in [7, 11) is 0. The van der Waals surface area contributed by atoms with Gasteiger partial charge in [-0.05, 0) is 41.5 Å². The van der Waals surface area contributed by atoms with E-state index < -0.39 is 23.7 Å². The topological polar surface area (TPSA) is 95.5 Å². The molecule has 0 fully saturated rings. The molecule has 30 heavy (non-hydrogen) atoms. The Hall–Kier alpha value is -4.19. The molecule has 0 aliphatic rings. The summed E-state index contributed by atoms with van der Waals surface area (Å²) < 4.78 is 0. The molecule has 3 rings (SSSR count). The number of carboxylic acids is 1. The predicted molar refractivity (Wildman–Crippen MR) is 116 cm³/mol. The molecule has 150 valence electrons. The lowest BCUT2D eigenvalue weighted by atomic mass is 9.95. The van der Waals surface area contributed by atoms with Crippen LogP contribution >= 0.6 is 0 Å². The third kappa shape index (κ3) is 5.65. The van der Waals surface area contributed by atoms with E-state index in [4.69, 9.17) is 5.11 Å². The zero-order chi connectivity index (χ0) is 21.3. The van der Waals surface area contributed by atoms with Crippen molar-refractivity contribution in [2.24, 2.45) is 0 Å². The van der Waals surface area contributed by atoms with Crippen LogP contribution in [0.4, 0.5) is 11.4 Å². The number of benzene rings is 3. The van der Waals surface area contributed by atoms with Gasteiger partial charge in [0.1, 0.15) is 5.92 Å². The van der Waals surface area contributed by atoms with Gasteiger partial charge >= 0.3 is 5.97 Å². The molecule has 0 radical (unpaired) electrons. The summed E-state index contributed by atoms with van der Waals surface area (Å²) in [6.45, 7) is 0. The smallest absolute Gasteiger partial charge is 0.328 e. The molecule has 3 aromatic rings. The van der Waals surface area contributed by atoms with Crippen LogP contribution in [-0.4, -0.2) is 22.9 Å². The number of carboxylic acid groups (broad SMARTS) is 1. The van der Waals surface area contributed by atoms with Gasteiger partial charge in [-0.3, -0.25) is 9.59 Å². The number of carbonyl (C=O) groups excluding carboxylic acids is 2. The first-order chi connectivity index (χ1) is 14.5. The summed E-state index contributed by atoms with van der Waals surface area (Å²) in [4.78, 5) is 36.9. The summed E-state index contributed by atoms with van der Waals surface area (Å²) in [5.74, 6) is -3.20. The number of anilines is 2. The van der Waals surface area contributed by atoms with Crippen LogP contribution in [-0.2, 0) is 14.4 Å². The normalized spacial score (nSPS) is 10.7. The van der Waals surface area contributed by atoms with E-state index in [0.29, 0.717) is 22.5 Å². The first-order valence-electron chi connectivity index (χ1n) is 9.26. The van der Waals surface area contributed by atoms with Crippen molar-refractivity contribution >= 4 is 35.2 Å². The van der Waals surface area contributed by atoms with Crippen LogP contribution in [0.1, 0.15) is 17.0 Å². The van der Waals surface area contributed by atoms with Crippen LogP contribution in [0.2, 0.25) is 0 Å². The van der Waals surface area contributed by atoms with E-state index in [1.165, 1.54) is 6.08 Å². The van der Waals surface area contributed by atoms with E-state index in [1.54, 1.807) is 72.8 Å². The Morgan fingerprint density at radius 3 is 1.77 bits per heavy atom. The third-order valence-electron chi connectivity index (χ3n) is 4.27. The Labute approximate surface area is 173 Å². The van der Waals surface area contributed by atoms with Gasteiger partial charge in [0.2, 0.25) is 11.8 Å². The van der Waals surface area contributed by atoms with Crippen molar-refractivity contribution in [1.82, 2.24) is 0 Å². The van der Waals surface area contributed by atoms with E-state index in [2.05, 4.69) is 10.6 Å². The highest BCUT2D eigenvalue weighted by molar-refractivity contribution is 6.15. The Morgan fingerprint density at radius 2 is 1.27 bits per heavy atom. The molecule has 0 unspecified atom stereocenters. The Balaban J connectivity index is 1.92. The lowest BCUT2D eigenvalue weighted by Gasteiger charge is -2.18. The molecule has 0 heterocycles. The third-order valence-corrected chi connectivity index (χ3v) is 4.27. The molecule has 2 amide bonds. The van der Waals surface area contributed by atoms with Gasteiger partial charge in [0.15, 0.2) is 0 Å². The maximum Gasteiger partial charge on any atom is 0.328 e. The van der Waals surface area contributed by atoms with Gasteiger partial charge in [-0.2, -0.15) is 0 Å². The van der Waals surface area contributed by atoms with Gasteiger partial charge in [0, 0.05) is 17.5 Å². The van der Waals surface area contributed by atoms with Crippen molar-refractivity contribution < 1.29 is 19.5 Å². The van der Waals surface area contributed by atoms with E-state index in [0.717, 1.165) is 6.08 Å². The van der Waals surface area contributed by atoms with Crippen molar-refractivity contribution in [1.29, 1.82) is 0 Å². The van der Waals surface area contributed by atoms with Crippen LogP contribution < -0.4 is 10.6 Å². The van der Waals surface area contributed by atoms with Crippen LogP contribution in [0.3, 0.4) is 0 Å². The molecule has 0 spiro atoms. The summed E-state index contributed by atoms with van der Waals surface area (Å²) in [6, 6.07) is 24.4. The van der Waals surface area contributed by atoms with Crippen molar-refractivity contribution in [3.63, 3.8) is 0 Å². The van der Waals surface area contributed by atoms with Gasteiger partial charge in [-0.1, -0.05) is 60.7 Å². The summed E-state index contributed by atoms with van der Waals surface area (Å²) in [5.41, 5.74) is 2.16. The van der Waals surface area contributed by atoms with Crippen molar-refractivity contribution in [2.75, 3.05) is 10.6 Å². The maximum atomic E-state index is 13.0. The fourth-order valence-corrected chi connectivity index (χ4v) is 2.90. The predicted octanol–water partition coefficient (Wildman–Crippen LogP) is 4.15. The highest BCUT2D eigenvalue weighted by atomic mass is 16.4. The molecule has 0 atom stereocenters. The number of hydrogen-bond acceptors (Lipinski definition) is 3. The zero-order valence-corrected chi connectivity index (χ0v) is 16.0. The molecule has 0 aromatic heterocycles. The minimum absolute atomic E-state index is 0.449. The molecular formula is C24H20N2O4. The van der Waals surface area contributed by atoms with Gasteiger partial charge in [-0.25, -0.2) is 4.79 Å². The van der Waals surface area contributed by atoms with Crippen LogP contribution in [0, 0.1) is 0 Å². The second kappa shape index (κ2) is 9.84. The Bertz CT molecular complexity index is 1010. The molecule has 0 saturated carbocycles. The van der Waals surface area contributed by atoms with Gasteiger partial charge in [0.25, 0.3) is 0 Å². The van der Waals surface area contributed by atoms with E-state index >= 15 is 0 Å². The fourth-order valence-electron chi connectivity index (χ4n) is 2.90. The molecule has 0 aliphatic carbocycles. The lowest BCUT2D eigenvalue weighted by molar-refractivity contribution is -0.131. The molecule has 0 bridgehead atoms. The summed E-state index contributed by atoms with van der Waals surface area (Å²) in [5, 5.41) is 14.4. The van der Waals surface area contributed by atoms with Gasteiger partial charge < -0.3 is 15.7 Å². The minimum Gasteiger partial charge on any atom is -0.478 e. The number of aliphatic carboxylic acids is 1. The quantitative estimate of drug-likeness (QED) is 0.410. The van der Waals surface area contributed by atoms with Crippen LogP contribution in [0.15, 0.2) is 91.0 Å². The molecule has 3 N–H and O–H groups in total. The highest BCUT2D eigenvalue weighted by Crippen LogP contribution is 2.23. The molecule has 0 aliphatic heterocycles. The summed E-state index contributed by atoms with van der Waals surface area (Å²) in [6.07, 6.45) is 2.41. The minimum atomic E-state index is -1.14. The van der Waals surface area contributed by atoms with Crippen molar-refractivity contribution in [3.8, 4) is 0 Å². The van der Waals surface area contributed by atoms with Gasteiger partial charge in [-0.15, -0.1) is 0 Å². The largest absolute Gasteiger partial charge is 0.478 e. The molecule has 3 aromatic carbocycles. The van der Waals surface area contributed by atoms with E-state index in [-0.39, 0.29) is 0 Å². The Kier molecular flexibility index (Phi) is 6.74. The van der Waals surface area contributed by atoms with E-state index in [1.807, 2.05) is 12.1 Å². The summed E-state index contributed by atoms with van der Waals surface area (Å²) >= 11 is 0. The van der Waals surface area contributed by atoms with Crippen molar-refractivity contribution in [2.45, 2.75) is 5.92 Å². The average Bonchev–Trinajstić information content (AvgIpc) is 2.74. The first kappa shape index (κ1) is 20.5. The van der Waals surface area contributed by atoms with Gasteiger partial charge in [0.05, 0.1) is 0 Å². The zero-order valence-electron chi connectivity index (χ0n) is 16.0. The van der Waals surface area contributed by atoms with E-state index in [9.17, 15) is 14.4 Å². The number of amides is 2. The molecular weight excluding hydrogens is 380 g/mol. The second-order valence-corrected chi connectivity index (χ2v) is 6.49. The molecule has 6 heteroatoms. The highest BCUT2D eigenvalue weighted by Gasteiger charge is 2.29. The number of para-hydroxylation sites is 2. The first-order valence-corrected chi connectivity index (χ1v) is 9.26. The number of rotatable bonds is 7. The lowest BCUT2D eigenvalue weighted by Crippen LogP contribution is -2.32. The number of carbonyl (C=O) groups is 3. The standard InChI is InChI=1S/C24H20N2O4/c27-21(28)15-14-17-8-7-9-18(16-17)22(23(29)25-19-10-3-1-4-11-19)24(30)26-20-12-5-2-6-13-20/h1-16,22H,(H,25,29)(H,26,30)(H,27,28). The molecule has 0 saturated heterocycles. The number of nitrogens with one attached hydrogen (secondary N) is 2. The van der Waals surface area contributed by atoms with Crippen LogP contribution in [0.5, 0.6) is 0 Å². The monoisotopic (exact) mass is 400 g/mol. The number of hydrogen-bond donors (Lipinski definition) is 3. The molecule has 6 nitrogen and oxygen atoms in total. The Morgan fingerprint density at radius 1 is 0.733 bits per heavy atom. The maximum absolute atomic E-state index is 13.0. The SMILES string of the molecule is O=C(O)C=Cc1cccc(C(C(=O)Nc2ccccc2)C(=O)Nc2ccccc2)c1. The van der Waals surface area contributed by atoms with Crippen LogP contribution in [0.25, 0.3) is 6.08 Å². The average molecular weight is 400 g/mol.